The molecule has 1 aromatic carbocycles. The van der Waals surface area contributed by atoms with Crippen molar-refractivity contribution in [2.24, 2.45) is 62.6 Å². The van der Waals surface area contributed by atoms with Crippen LogP contribution in [0.25, 0.3) is 0 Å². The van der Waals surface area contributed by atoms with Crippen molar-refractivity contribution in [1.29, 1.82) is 0 Å². The minimum absolute atomic E-state index is 0.0174. The second-order valence-corrected chi connectivity index (χ2v) is 16.5. The Bertz CT molecular complexity index is 1310. The molecule has 0 saturated heterocycles. The van der Waals surface area contributed by atoms with Crippen LogP contribution in [0.15, 0.2) is 53.6 Å². The van der Waals surface area contributed by atoms with E-state index in [2.05, 4.69) is 84.0 Å². The maximum absolute atomic E-state index is 11.5. The highest BCUT2D eigenvalue weighted by Crippen LogP contribution is 2.92. The molecule has 1 N–H and O–H groups in total. The predicted molar refractivity (Wildman–Crippen MR) is 163 cm³/mol. The molecule has 5 saturated carbocycles. The first-order valence-electron chi connectivity index (χ1n) is 16.8. The molecule has 0 aliphatic heterocycles. The number of benzene rings is 1. The quantitative estimate of drug-likeness (QED) is 0.330. The molecule has 0 bridgehead atoms. The summed E-state index contributed by atoms with van der Waals surface area (Å²) in [6.45, 7) is 15.2. The van der Waals surface area contributed by atoms with Crippen LogP contribution >= 0.6 is 0 Å². The first-order chi connectivity index (χ1) is 19.5. The number of aliphatic hydroxyl groups is 1. The van der Waals surface area contributed by atoms with Crippen molar-refractivity contribution >= 4 is 0 Å². The van der Waals surface area contributed by atoms with Gasteiger partial charge in [-0.1, -0.05) is 88.2 Å². The van der Waals surface area contributed by atoms with Gasteiger partial charge in [0.05, 0.1) is 24.9 Å². The van der Waals surface area contributed by atoms with E-state index in [1.807, 2.05) is 5.57 Å². The standard InChI is InChI=1S/C38H52O3/c1-22(2)33(41-21-25-11-9-8-10-12-25)36-18-17-34(5)27-13-14-29-35(6,32(39)24(4)40-7)30-23(3)38(29,30)28(27)15-16-37(34)20-26(19-36)31(36)37/h8-12,15,20,22-24,27,29-33,39H,13-14,16-19,21H2,1-7H3/t23?,24-,27+,29+,30?,31-,32?,33-,34?,35-,36-,37-,38?/m1/s1. The van der Waals surface area contributed by atoms with E-state index in [4.69, 9.17) is 9.47 Å². The summed E-state index contributed by atoms with van der Waals surface area (Å²) in [4.78, 5) is 0. The number of ether oxygens (including phenoxy) is 2. The number of aliphatic hydroxyl groups excluding tert-OH is 1. The van der Waals surface area contributed by atoms with E-state index in [1.54, 1.807) is 12.7 Å². The molecule has 0 radical (unpaired) electrons. The lowest BCUT2D eigenvalue weighted by Gasteiger charge is -2.78. The van der Waals surface area contributed by atoms with Gasteiger partial charge in [0, 0.05) is 28.8 Å². The number of rotatable bonds is 8. The van der Waals surface area contributed by atoms with E-state index < -0.39 is 0 Å². The average Bonchev–Trinajstić information content (AvgIpc) is 3.49. The van der Waals surface area contributed by atoms with E-state index in [1.165, 1.54) is 44.1 Å². The van der Waals surface area contributed by atoms with Gasteiger partial charge < -0.3 is 14.6 Å². The molecule has 5 fully saturated rings. The van der Waals surface area contributed by atoms with Crippen molar-refractivity contribution in [2.75, 3.05) is 7.11 Å². The third-order valence-corrected chi connectivity index (χ3v) is 15.2. The van der Waals surface area contributed by atoms with Gasteiger partial charge in [-0.15, -0.1) is 0 Å². The number of allylic oxidation sites excluding steroid dienone is 4. The van der Waals surface area contributed by atoms with Crippen molar-refractivity contribution in [3.8, 4) is 0 Å². The van der Waals surface area contributed by atoms with Gasteiger partial charge in [0.15, 0.2) is 0 Å². The maximum atomic E-state index is 11.5. The monoisotopic (exact) mass is 556 g/mol. The highest BCUT2D eigenvalue weighted by molar-refractivity contribution is 5.53. The average molecular weight is 557 g/mol. The van der Waals surface area contributed by atoms with Crippen molar-refractivity contribution in [1.82, 2.24) is 0 Å². The van der Waals surface area contributed by atoms with Crippen LogP contribution in [-0.2, 0) is 16.1 Å². The Labute approximate surface area is 248 Å². The molecule has 2 spiro atoms. The van der Waals surface area contributed by atoms with Crippen molar-refractivity contribution in [3.05, 3.63) is 59.2 Å². The molecular weight excluding hydrogens is 504 g/mol. The van der Waals surface area contributed by atoms with Crippen LogP contribution in [-0.4, -0.2) is 30.5 Å². The Kier molecular flexibility index (Phi) is 5.56. The Morgan fingerprint density at radius 3 is 2.49 bits per heavy atom. The Balaban J connectivity index is 1.11. The number of methoxy groups -OCH3 is 1. The summed E-state index contributed by atoms with van der Waals surface area (Å²) in [7, 11) is 1.75. The lowest BCUT2D eigenvalue weighted by atomic mass is 9.26. The Morgan fingerprint density at radius 2 is 1.80 bits per heavy atom. The van der Waals surface area contributed by atoms with Crippen molar-refractivity contribution < 1.29 is 14.6 Å². The van der Waals surface area contributed by atoms with E-state index in [0.29, 0.717) is 63.3 Å². The largest absolute Gasteiger partial charge is 0.390 e. The lowest BCUT2D eigenvalue weighted by Crippen LogP contribution is -2.73. The van der Waals surface area contributed by atoms with E-state index in [-0.39, 0.29) is 17.6 Å². The summed E-state index contributed by atoms with van der Waals surface area (Å²) in [5, 5.41) is 11.5. The van der Waals surface area contributed by atoms with Gasteiger partial charge in [0.1, 0.15) is 0 Å². The normalized spacial score (nSPS) is 50.1. The van der Waals surface area contributed by atoms with Gasteiger partial charge in [-0.05, 0) is 91.9 Å². The van der Waals surface area contributed by atoms with Gasteiger partial charge in [-0.3, -0.25) is 0 Å². The van der Waals surface area contributed by atoms with Crippen LogP contribution in [0.4, 0.5) is 0 Å². The molecule has 0 amide bonds. The van der Waals surface area contributed by atoms with Crippen LogP contribution < -0.4 is 0 Å². The molecule has 3 nitrogen and oxygen atoms in total. The third kappa shape index (κ3) is 2.85. The molecule has 8 rings (SSSR count). The lowest BCUT2D eigenvalue weighted by molar-refractivity contribution is -0.238. The Morgan fingerprint density at radius 1 is 1.05 bits per heavy atom. The van der Waals surface area contributed by atoms with E-state index in [0.717, 1.165) is 6.61 Å². The summed E-state index contributed by atoms with van der Waals surface area (Å²) in [5.74, 6) is 3.80. The fourth-order valence-corrected chi connectivity index (χ4v) is 13.7. The molecular formula is C38H52O3. The van der Waals surface area contributed by atoms with Gasteiger partial charge in [0.25, 0.3) is 0 Å². The molecule has 41 heavy (non-hydrogen) atoms. The first kappa shape index (κ1) is 27.2. The fourth-order valence-electron chi connectivity index (χ4n) is 13.7. The van der Waals surface area contributed by atoms with Gasteiger partial charge in [-0.25, -0.2) is 0 Å². The highest BCUT2D eigenvalue weighted by atomic mass is 16.5. The van der Waals surface area contributed by atoms with Crippen LogP contribution in [0, 0.1) is 62.6 Å². The maximum Gasteiger partial charge on any atom is 0.0858 e. The number of hydrogen-bond donors (Lipinski definition) is 1. The topological polar surface area (TPSA) is 38.7 Å². The summed E-state index contributed by atoms with van der Waals surface area (Å²) >= 11 is 0. The van der Waals surface area contributed by atoms with Crippen LogP contribution in [0.1, 0.15) is 85.6 Å². The van der Waals surface area contributed by atoms with E-state index >= 15 is 0 Å². The summed E-state index contributed by atoms with van der Waals surface area (Å²) < 4.78 is 12.6. The van der Waals surface area contributed by atoms with Crippen LogP contribution in [0.3, 0.4) is 0 Å². The van der Waals surface area contributed by atoms with Crippen molar-refractivity contribution in [2.45, 2.75) is 105 Å². The minimum atomic E-state index is -0.380. The fraction of sp³-hybridized carbons (Fsp3) is 0.737. The zero-order valence-corrected chi connectivity index (χ0v) is 26.5. The first-order valence-corrected chi connectivity index (χ1v) is 16.8. The highest BCUT2D eigenvalue weighted by Gasteiger charge is 2.88. The molecule has 0 aromatic heterocycles. The van der Waals surface area contributed by atoms with Gasteiger partial charge >= 0.3 is 0 Å². The van der Waals surface area contributed by atoms with Crippen molar-refractivity contribution in [3.63, 3.8) is 0 Å². The zero-order chi connectivity index (χ0) is 28.7. The second-order valence-electron chi connectivity index (χ2n) is 16.5. The second kappa shape index (κ2) is 8.39. The molecule has 3 heteroatoms. The SMILES string of the molecule is CO[C@H](C)C(O)[C@@]1(C)C2C(C)C23C2=CC[C@]45C=C6C[C@]([C@H](OCc7ccccc7)C(C)C)(CCC4(C)[C@H]2CC[C@H]31)[C@@H]65. The molecule has 7 aliphatic carbocycles. The zero-order valence-electron chi connectivity index (χ0n) is 26.5. The predicted octanol–water partition coefficient (Wildman–Crippen LogP) is 7.98. The molecule has 5 unspecified atom stereocenters. The molecule has 0 heterocycles. The van der Waals surface area contributed by atoms with E-state index in [9.17, 15) is 5.11 Å². The number of hydrogen-bond acceptors (Lipinski definition) is 3. The third-order valence-electron chi connectivity index (χ3n) is 15.2. The van der Waals surface area contributed by atoms with Gasteiger partial charge in [0.2, 0.25) is 0 Å². The van der Waals surface area contributed by atoms with Gasteiger partial charge in [-0.2, -0.15) is 0 Å². The van der Waals surface area contributed by atoms with Crippen LogP contribution in [0.5, 0.6) is 0 Å². The number of fused-ring (bicyclic) bond motifs is 2. The van der Waals surface area contributed by atoms with Crippen LogP contribution in [0.2, 0.25) is 0 Å². The Hall–Kier alpha value is -1.42. The molecule has 1 aromatic rings. The summed E-state index contributed by atoms with van der Waals surface area (Å²) in [6.07, 6.45) is 13.1. The molecule has 222 valence electrons. The summed E-state index contributed by atoms with van der Waals surface area (Å²) in [6, 6.07) is 10.8. The summed E-state index contributed by atoms with van der Waals surface area (Å²) in [5.41, 5.74) is 6.15. The smallest absolute Gasteiger partial charge is 0.0858 e. The molecule has 7 aliphatic rings. The molecule has 13 atom stereocenters. The minimum Gasteiger partial charge on any atom is -0.390 e.